The predicted octanol–water partition coefficient (Wildman–Crippen LogP) is 4.22. The van der Waals surface area contributed by atoms with Gasteiger partial charge in [0.05, 0.1) is 11.9 Å². The van der Waals surface area contributed by atoms with Crippen molar-refractivity contribution in [1.82, 2.24) is 0 Å². The third kappa shape index (κ3) is 4.89. The van der Waals surface area contributed by atoms with Gasteiger partial charge in [-0.1, -0.05) is 44.2 Å². The molecular formula is C21H28N2O3S. The monoisotopic (exact) mass is 388 g/mol. The largest absolute Gasteiger partial charge is 0.324 e. The lowest BCUT2D eigenvalue weighted by atomic mass is 9.98. The topological polar surface area (TPSA) is 66.5 Å². The van der Waals surface area contributed by atoms with E-state index in [-0.39, 0.29) is 11.8 Å². The summed E-state index contributed by atoms with van der Waals surface area (Å²) in [5, 5.41) is 2.95. The SMILES string of the molecule is Cc1cccc(N([C@H](C)C(=O)Nc2c(C)cccc2C(C)C)S(C)(=O)=O)c1. The number of rotatable bonds is 6. The summed E-state index contributed by atoms with van der Waals surface area (Å²) in [6.07, 6.45) is 1.12. The summed E-state index contributed by atoms with van der Waals surface area (Å²) in [7, 11) is -3.64. The number of carbonyl (C=O) groups is 1. The van der Waals surface area contributed by atoms with Crippen LogP contribution >= 0.6 is 0 Å². The van der Waals surface area contributed by atoms with E-state index in [2.05, 4.69) is 19.2 Å². The summed E-state index contributed by atoms with van der Waals surface area (Å²) < 4.78 is 26.0. The lowest BCUT2D eigenvalue weighted by Crippen LogP contribution is -2.45. The molecule has 0 saturated carbocycles. The first-order chi connectivity index (χ1) is 12.5. The molecule has 2 rings (SSSR count). The molecule has 1 atom stereocenters. The number of benzene rings is 2. The van der Waals surface area contributed by atoms with E-state index in [0.717, 1.165) is 28.6 Å². The van der Waals surface area contributed by atoms with Gasteiger partial charge < -0.3 is 5.32 Å². The van der Waals surface area contributed by atoms with Crippen molar-refractivity contribution in [3.8, 4) is 0 Å². The van der Waals surface area contributed by atoms with Crippen LogP contribution in [-0.4, -0.2) is 26.6 Å². The second-order valence-electron chi connectivity index (χ2n) is 7.26. The third-order valence-corrected chi connectivity index (χ3v) is 5.76. The minimum atomic E-state index is -3.64. The molecule has 2 aromatic carbocycles. The maximum absolute atomic E-state index is 13.0. The standard InChI is InChI=1S/C21H28N2O3S/c1-14(2)19-12-8-10-16(4)20(19)22-21(24)17(5)23(27(6,25)26)18-11-7-9-15(3)13-18/h7-14,17H,1-6H3,(H,22,24)/t17-/m1/s1. The number of para-hydroxylation sites is 1. The van der Waals surface area contributed by atoms with Crippen LogP contribution in [0.1, 0.15) is 43.4 Å². The zero-order valence-electron chi connectivity index (χ0n) is 16.8. The number of nitrogens with zero attached hydrogens (tertiary/aromatic N) is 1. The van der Waals surface area contributed by atoms with E-state index < -0.39 is 16.1 Å². The van der Waals surface area contributed by atoms with Crippen molar-refractivity contribution in [3.63, 3.8) is 0 Å². The van der Waals surface area contributed by atoms with Gasteiger partial charge in [-0.3, -0.25) is 9.10 Å². The Hall–Kier alpha value is -2.34. The van der Waals surface area contributed by atoms with Crippen molar-refractivity contribution in [2.75, 3.05) is 15.9 Å². The first-order valence-corrected chi connectivity index (χ1v) is 10.8. The summed E-state index contributed by atoms with van der Waals surface area (Å²) in [6.45, 7) is 9.54. The molecule has 0 aromatic heterocycles. The summed E-state index contributed by atoms with van der Waals surface area (Å²) in [5.41, 5.74) is 4.13. The summed E-state index contributed by atoms with van der Waals surface area (Å²) in [4.78, 5) is 13.0. The van der Waals surface area contributed by atoms with Crippen molar-refractivity contribution in [2.24, 2.45) is 0 Å². The number of carbonyl (C=O) groups excluding carboxylic acids is 1. The van der Waals surface area contributed by atoms with Crippen molar-refractivity contribution >= 4 is 27.3 Å². The van der Waals surface area contributed by atoms with Gasteiger partial charge in [0.2, 0.25) is 15.9 Å². The molecule has 0 fully saturated rings. The van der Waals surface area contributed by atoms with Gasteiger partial charge in [-0.15, -0.1) is 0 Å². The number of hydrogen-bond acceptors (Lipinski definition) is 3. The van der Waals surface area contributed by atoms with Gasteiger partial charge in [0.25, 0.3) is 0 Å². The molecule has 0 radical (unpaired) electrons. The molecule has 0 aliphatic heterocycles. The number of anilines is 2. The Morgan fingerprint density at radius 2 is 1.67 bits per heavy atom. The van der Waals surface area contributed by atoms with Crippen LogP contribution in [0.25, 0.3) is 0 Å². The van der Waals surface area contributed by atoms with E-state index in [1.807, 2.05) is 38.1 Å². The summed E-state index contributed by atoms with van der Waals surface area (Å²) >= 11 is 0. The van der Waals surface area contributed by atoms with Gasteiger partial charge in [-0.2, -0.15) is 0 Å². The summed E-state index contributed by atoms with van der Waals surface area (Å²) in [5.74, 6) is -0.128. The Balaban J connectivity index is 2.40. The van der Waals surface area contributed by atoms with Gasteiger partial charge in [0, 0.05) is 5.69 Å². The zero-order chi connectivity index (χ0) is 20.4. The second kappa shape index (κ2) is 8.13. The minimum absolute atomic E-state index is 0.235. The lowest BCUT2D eigenvalue weighted by molar-refractivity contribution is -0.116. The number of amides is 1. The Labute approximate surface area is 162 Å². The molecule has 146 valence electrons. The van der Waals surface area contributed by atoms with Gasteiger partial charge in [0.1, 0.15) is 6.04 Å². The van der Waals surface area contributed by atoms with Gasteiger partial charge in [-0.25, -0.2) is 8.42 Å². The highest BCUT2D eigenvalue weighted by Gasteiger charge is 2.29. The van der Waals surface area contributed by atoms with Crippen LogP contribution < -0.4 is 9.62 Å². The van der Waals surface area contributed by atoms with Gasteiger partial charge in [0.15, 0.2) is 0 Å². The fraction of sp³-hybridized carbons (Fsp3) is 0.381. The van der Waals surface area contributed by atoms with Crippen molar-refractivity contribution in [1.29, 1.82) is 0 Å². The number of aryl methyl sites for hydroxylation is 2. The van der Waals surface area contributed by atoms with Crippen LogP contribution in [-0.2, 0) is 14.8 Å². The Bertz CT molecular complexity index is 936. The van der Waals surface area contributed by atoms with Crippen LogP contribution in [0.15, 0.2) is 42.5 Å². The molecule has 0 spiro atoms. The molecule has 0 saturated heterocycles. The van der Waals surface area contributed by atoms with Gasteiger partial charge in [-0.05, 0) is 55.5 Å². The predicted molar refractivity (Wildman–Crippen MR) is 112 cm³/mol. The first kappa shape index (κ1) is 21.0. The maximum atomic E-state index is 13.0. The number of hydrogen-bond donors (Lipinski definition) is 1. The molecule has 2 aromatic rings. The normalized spacial score (nSPS) is 12.7. The molecule has 0 aliphatic rings. The fourth-order valence-electron chi connectivity index (χ4n) is 3.14. The average molecular weight is 389 g/mol. The molecule has 5 nitrogen and oxygen atoms in total. The molecule has 6 heteroatoms. The molecule has 0 bridgehead atoms. The van der Waals surface area contributed by atoms with Crippen molar-refractivity contribution in [2.45, 2.75) is 46.6 Å². The van der Waals surface area contributed by atoms with E-state index in [1.165, 1.54) is 4.31 Å². The smallest absolute Gasteiger partial charge is 0.248 e. The summed E-state index contributed by atoms with van der Waals surface area (Å²) in [6, 6.07) is 12.1. The highest BCUT2D eigenvalue weighted by Crippen LogP contribution is 2.28. The maximum Gasteiger partial charge on any atom is 0.248 e. The Kier molecular flexibility index (Phi) is 6.31. The fourth-order valence-corrected chi connectivity index (χ4v) is 4.31. The van der Waals surface area contributed by atoms with E-state index in [1.54, 1.807) is 25.1 Å². The quantitative estimate of drug-likeness (QED) is 0.806. The van der Waals surface area contributed by atoms with E-state index in [9.17, 15) is 13.2 Å². The zero-order valence-corrected chi connectivity index (χ0v) is 17.6. The number of sulfonamides is 1. The molecule has 1 amide bonds. The Morgan fingerprint density at radius 1 is 1.04 bits per heavy atom. The van der Waals surface area contributed by atoms with Crippen molar-refractivity contribution < 1.29 is 13.2 Å². The highest BCUT2D eigenvalue weighted by atomic mass is 32.2. The van der Waals surface area contributed by atoms with Crippen LogP contribution in [0, 0.1) is 13.8 Å². The highest BCUT2D eigenvalue weighted by molar-refractivity contribution is 7.92. The molecule has 0 aliphatic carbocycles. The second-order valence-corrected chi connectivity index (χ2v) is 9.12. The van der Waals surface area contributed by atoms with Crippen LogP contribution in [0.2, 0.25) is 0 Å². The molecule has 27 heavy (non-hydrogen) atoms. The van der Waals surface area contributed by atoms with Crippen molar-refractivity contribution in [3.05, 3.63) is 59.2 Å². The number of nitrogens with one attached hydrogen (secondary N) is 1. The molecular weight excluding hydrogens is 360 g/mol. The first-order valence-electron chi connectivity index (χ1n) is 8.98. The average Bonchev–Trinajstić information content (AvgIpc) is 2.55. The van der Waals surface area contributed by atoms with Crippen LogP contribution in [0.4, 0.5) is 11.4 Å². The third-order valence-electron chi connectivity index (χ3n) is 4.52. The molecule has 0 heterocycles. The lowest BCUT2D eigenvalue weighted by Gasteiger charge is -2.29. The van der Waals surface area contributed by atoms with Crippen LogP contribution in [0.5, 0.6) is 0 Å². The van der Waals surface area contributed by atoms with Crippen LogP contribution in [0.3, 0.4) is 0 Å². The molecule has 1 N–H and O–H groups in total. The van der Waals surface area contributed by atoms with E-state index in [4.69, 9.17) is 0 Å². The van der Waals surface area contributed by atoms with E-state index in [0.29, 0.717) is 5.69 Å². The molecule has 0 unspecified atom stereocenters. The minimum Gasteiger partial charge on any atom is -0.324 e. The van der Waals surface area contributed by atoms with Gasteiger partial charge >= 0.3 is 0 Å². The Morgan fingerprint density at radius 3 is 2.22 bits per heavy atom. The van der Waals surface area contributed by atoms with E-state index >= 15 is 0 Å².